The lowest BCUT2D eigenvalue weighted by Crippen LogP contribution is -2.30. The number of rotatable bonds is 6. The number of halogens is 1. The van der Waals surface area contributed by atoms with E-state index >= 15 is 0 Å². The summed E-state index contributed by atoms with van der Waals surface area (Å²) >= 11 is 5.88. The van der Waals surface area contributed by atoms with Gasteiger partial charge in [0.15, 0.2) is 0 Å². The summed E-state index contributed by atoms with van der Waals surface area (Å²) in [6.45, 7) is 5.09. The van der Waals surface area contributed by atoms with Crippen LogP contribution in [0.2, 0.25) is 5.02 Å². The first-order valence-corrected chi connectivity index (χ1v) is 9.12. The molecule has 0 spiro atoms. The average molecular weight is 374 g/mol. The monoisotopic (exact) mass is 373 g/mol. The van der Waals surface area contributed by atoms with Gasteiger partial charge in [-0.05, 0) is 31.7 Å². The molecule has 1 fully saturated rings. The standard InChI is InChI=1S/C18H20ClN5O2/c1-10(8-24-9-13(19)7-21-24)6-20-17(25)14-5-15(12-3-4-12)22-18-16(14)11(2)23-26-18/h5,7,9-10,12H,3-4,6,8H2,1-2H3,(H,20,25)/t10-/m0/s1. The minimum absolute atomic E-state index is 0.129. The molecule has 26 heavy (non-hydrogen) atoms. The topological polar surface area (TPSA) is 85.8 Å². The first kappa shape index (κ1) is 17.0. The molecule has 4 rings (SSSR count). The second kappa shape index (κ2) is 6.72. The molecule has 0 aromatic carbocycles. The molecular formula is C18H20ClN5O2. The summed E-state index contributed by atoms with van der Waals surface area (Å²) in [7, 11) is 0. The third kappa shape index (κ3) is 3.44. The summed E-state index contributed by atoms with van der Waals surface area (Å²) in [6.07, 6.45) is 5.59. The maximum Gasteiger partial charge on any atom is 0.259 e. The number of amides is 1. The third-order valence-corrected chi connectivity index (χ3v) is 4.78. The molecule has 1 atom stereocenters. The van der Waals surface area contributed by atoms with Crippen molar-refractivity contribution >= 4 is 28.6 Å². The zero-order chi connectivity index (χ0) is 18.3. The molecule has 0 saturated heterocycles. The number of fused-ring (bicyclic) bond motifs is 1. The van der Waals surface area contributed by atoms with E-state index in [0.717, 1.165) is 18.5 Å². The van der Waals surface area contributed by atoms with E-state index in [1.54, 1.807) is 17.1 Å². The van der Waals surface area contributed by atoms with E-state index in [0.29, 0.717) is 46.4 Å². The molecule has 3 heterocycles. The molecule has 0 unspecified atom stereocenters. The number of nitrogens with one attached hydrogen (secondary N) is 1. The number of nitrogens with zero attached hydrogens (tertiary/aromatic N) is 4. The highest BCUT2D eigenvalue weighted by Crippen LogP contribution is 2.40. The van der Waals surface area contributed by atoms with E-state index in [1.165, 1.54) is 0 Å². The second-order valence-electron chi connectivity index (χ2n) is 7.01. The summed E-state index contributed by atoms with van der Waals surface area (Å²) in [5.74, 6) is 0.509. The van der Waals surface area contributed by atoms with E-state index in [-0.39, 0.29) is 11.8 Å². The first-order valence-electron chi connectivity index (χ1n) is 8.74. The summed E-state index contributed by atoms with van der Waals surface area (Å²) < 4.78 is 7.08. The van der Waals surface area contributed by atoms with Crippen molar-refractivity contribution in [3.63, 3.8) is 0 Å². The molecule has 8 heteroatoms. The Morgan fingerprint density at radius 2 is 2.31 bits per heavy atom. The lowest BCUT2D eigenvalue weighted by Gasteiger charge is -2.13. The van der Waals surface area contributed by atoms with Crippen LogP contribution >= 0.6 is 11.6 Å². The van der Waals surface area contributed by atoms with Crippen molar-refractivity contribution in [1.29, 1.82) is 0 Å². The summed E-state index contributed by atoms with van der Waals surface area (Å²) in [6, 6.07) is 1.89. The van der Waals surface area contributed by atoms with Crippen LogP contribution in [-0.2, 0) is 6.54 Å². The van der Waals surface area contributed by atoms with E-state index in [2.05, 4.69) is 27.5 Å². The zero-order valence-electron chi connectivity index (χ0n) is 14.7. The molecule has 1 aliphatic rings. The lowest BCUT2D eigenvalue weighted by atomic mass is 10.1. The molecule has 0 aliphatic heterocycles. The van der Waals surface area contributed by atoms with Crippen molar-refractivity contribution < 1.29 is 9.32 Å². The van der Waals surface area contributed by atoms with Crippen molar-refractivity contribution in [2.75, 3.05) is 6.54 Å². The minimum atomic E-state index is -0.129. The fourth-order valence-corrected chi connectivity index (χ4v) is 3.22. The van der Waals surface area contributed by atoms with Gasteiger partial charge in [0.1, 0.15) is 0 Å². The van der Waals surface area contributed by atoms with Crippen LogP contribution in [0.3, 0.4) is 0 Å². The predicted octanol–water partition coefficient (Wildman–Crippen LogP) is 3.32. The van der Waals surface area contributed by atoms with Gasteiger partial charge in [-0.1, -0.05) is 23.7 Å². The van der Waals surface area contributed by atoms with Crippen LogP contribution in [-0.4, -0.2) is 32.4 Å². The molecule has 1 aliphatic carbocycles. The Labute approximate surface area is 155 Å². The largest absolute Gasteiger partial charge is 0.352 e. The van der Waals surface area contributed by atoms with Crippen LogP contribution < -0.4 is 5.32 Å². The van der Waals surface area contributed by atoms with Crippen molar-refractivity contribution in [3.8, 4) is 0 Å². The van der Waals surface area contributed by atoms with E-state index in [4.69, 9.17) is 16.1 Å². The number of carbonyl (C=O) groups excluding carboxylic acids is 1. The first-order chi connectivity index (χ1) is 12.5. The van der Waals surface area contributed by atoms with E-state index in [1.807, 2.05) is 13.0 Å². The van der Waals surface area contributed by atoms with E-state index in [9.17, 15) is 4.79 Å². The molecule has 1 N–H and O–H groups in total. The van der Waals surface area contributed by atoms with Crippen LogP contribution in [0.25, 0.3) is 11.1 Å². The summed E-state index contributed by atoms with van der Waals surface area (Å²) in [4.78, 5) is 17.3. The van der Waals surface area contributed by atoms with Crippen molar-refractivity contribution in [2.24, 2.45) is 5.92 Å². The molecule has 3 aromatic heterocycles. The number of aryl methyl sites for hydroxylation is 1. The third-order valence-electron chi connectivity index (χ3n) is 4.59. The Morgan fingerprint density at radius 1 is 1.50 bits per heavy atom. The maximum atomic E-state index is 12.8. The average Bonchev–Trinajstić information content (AvgIpc) is 3.30. The highest BCUT2D eigenvalue weighted by molar-refractivity contribution is 6.30. The number of pyridine rings is 1. The summed E-state index contributed by atoms with van der Waals surface area (Å²) in [5, 5.41) is 12.5. The normalized spacial score (nSPS) is 15.3. The SMILES string of the molecule is Cc1noc2nc(C3CC3)cc(C(=O)NC[C@H](C)Cn3cc(Cl)cn3)c12. The Hall–Kier alpha value is -2.41. The fourth-order valence-electron chi connectivity index (χ4n) is 3.07. The molecule has 7 nitrogen and oxygen atoms in total. The van der Waals surface area contributed by atoms with Gasteiger partial charge in [-0.15, -0.1) is 0 Å². The molecule has 1 saturated carbocycles. The van der Waals surface area contributed by atoms with Crippen LogP contribution in [0, 0.1) is 12.8 Å². The van der Waals surface area contributed by atoms with Crippen LogP contribution in [0.4, 0.5) is 0 Å². The number of carbonyl (C=O) groups is 1. The van der Waals surface area contributed by atoms with Gasteiger partial charge in [0.2, 0.25) is 0 Å². The van der Waals surface area contributed by atoms with Crippen LogP contribution in [0.5, 0.6) is 0 Å². The van der Waals surface area contributed by atoms with Crippen LogP contribution in [0.15, 0.2) is 23.0 Å². The minimum Gasteiger partial charge on any atom is -0.352 e. The van der Waals surface area contributed by atoms with Crippen molar-refractivity contribution in [3.05, 3.63) is 40.4 Å². The Kier molecular flexibility index (Phi) is 4.40. The lowest BCUT2D eigenvalue weighted by molar-refractivity contribution is 0.0948. The highest BCUT2D eigenvalue weighted by atomic mass is 35.5. The predicted molar refractivity (Wildman–Crippen MR) is 97.3 cm³/mol. The molecule has 3 aromatic rings. The molecule has 0 bridgehead atoms. The summed E-state index contributed by atoms with van der Waals surface area (Å²) in [5.41, 5.74) is 2.62. The molecular weight excluding hydrogens is 354 g/mol. The molecule has 0 radical (unpaired) electrons. The van der Waals surface area contributed by atoms with Gasteiger partial charge < -0.3 is 9.84 Å². The van der Waals surface area contributed by atoms with Gasteiger partial charge in [-0.25, -0.2) is 4.98 Å². The highest BCUT2D eigenvalue weighted by Gasteiger charge is 2.28. The van der Waals surface area contributed by atoms with Crippen molar-refractivity contribution in [1.82, 2.24) is 25.2 Å². The van der Waals surface area contributed by atoms with Crippen LogP contribution in [0.1, 0.15) is 47.4 Å². The quantitative estimate of drug-likeness (QED) is 0.716. The Bertz CT molecular complexity index is 960. The Morgan fingerprint density at radius 3 is 3.00 bits per heavy atom. The van der Waals surface area contributed by atoms with Gasteiger partial charge in [0.25, 0.3) is 11.6 Å². The van der Waals surface area contributed by atoms with E-state index < -0.39 is 0 Å². The van der Waals surface area contributed by atoms with Gasteiger partial charge in [-0.3, -0.25) is 9.48 Å². The number of hydrogen-bond acceptors (Lipinski definition) is 5. The smallest absolute Gasteiger partial charge is 0.259 e. The number of hydrogen-bond donors (Lipinski definition) is 1. The second-order valence-corrected chi connectivity index (χ2v) is 7.45. The van der Waals surface area contributed by atoms with Gasteiger partial charge in [0, 0.05) is 30.9 Å². The maximum absolute atomic E-state index is 12.8. The molecule has 136 valence electrons. The van der Waals surface area contributed by atoms with Gasteiger partial charge >= 0.3 is 0 Å². The fraction of sp³-hybridized carbons (Fsp3) is 0.444. The number of aromatic nitrogens is 4. The van der Waals surface area contributed by atoms with Gasteiger partial charge in [-0.2, -0.15) is 5.10 Å². The zero-order valence-corrected chi connectivity index (χ0v) is 15.5. The molecule has 1 amide bonds. The van der Waals surface area contributed by atoms with Crippen molar-refractivity contribution in [2.45, 2.75) is 39.2 Å². The van der Waals surface area contributed by atoms with Gasteiger partial charge in [0.05, 0.1) is 27.9 Å². The Balaban J connectivity index is 1.49.